The number of rotatable bonds is 8. The highest BCUT2D eigenvalue weighted by Gasteiger charge is 2.45. The Balaban J connectivity index is 1.28. The molecule has 0 heterocycles. The SMILES string of the molecule is O=[N+]([O-])c1cc(C=Nc2ccc(C3(c4ccc(N=Cc5ccc(Cl)c([N+](=O)[O-])c5)cc4)c4ccccc4-c4ccccc43)cc2)ccc1Cl. The van der Waals surface area contributed by atoms with Crippen LogP contribution in [0.2, 0.25) is 10.0 Å². The van der Waals surface area contributed by atoms with Gasteiger partial charge in [-0.3, -0.25) is 30.2 Å². The predicted molar refractivity (Wildman–Crippen MR) is 194 cm³/mol. The fourth-order valence-corrected chi connectivity index (χ4v) is 6.79. The lowest BCUT2D eigenvalue weighted by Gasteiger charge is -2.34. The van der Waals surface area contributed by atoms with Gasteiger partial charge in [-0.1, -0.05) is 108 Å². The molecule has 0 fully saturated rings. The normalized spacial score (nSPS) is 13.0. The Morgan fingerprint density at radius 2 is 0.918 bits per heavy atom. The number of aliphatic imine (C=N–C) groups is 2. The van der Waals surface area contributed by atoms with Crippen molar-refractivity contribution in [3.63, 3.8) is 0 Å². The zero-order chi connectivity index (χ0) is 34.1. The lowest BCUT2D eigenvalue weighted by atomic mass is 9.67. The molecule has 49 heavy (non-hydrogen) atoms. The van der Waals surface area contributed by atoms with Crippen LogP contribution in [0.5, 0.6) is 0 Å². The first-order valence-corrected chi connectivity index (χ1v) is 15.9. The molecule has 10 heteroatoms. The third-order valence-electron chi connectivity index (χ3n) is 8.61. The summed E-state index contributed by atoms with van der Waals surface area (Å²) in [7, 11) is 0. The molecule has 6 aromatic carbocycles. The molecule has 0 unspecified atom stereocenters. The highest BCUT2D eigenvalue weighted by Crippen LogP contribution is 2.56. The van der Waals surface area contributed by atoms with Crippen molar-refractivity contribution < 1.29 is 9.85 Å². The summed E-state index contributed by atoms with van der Waals surface area (Å²) in [5.41, 5.74) is 8.16. The van der Waals surface area contributed by atoms with Gasteiger partial charge < -0.3 is 0 Å². The van der Waals surface area contributed by atoms with E-state index < -0.39 is 15.3 Å². The maximum atomic E-state index is 11.3. The van der Waals surface area contributed by atoms with Crippen LogP contribution in [-0.4, -0.2) is 22.3 Å². The summed E-state index contributed by atoms with van der Waals surface area (Å²) in [4.78, 5) is 30.8. The van der Waals surface area contributed by atoms with Gasteiger partial charge in [0.25, 0.3) is 11.4 Å². The molecule has 0 atom stereocenters. The molecule has 1 aliphatic rings. The third-order valence-corrected chi connectivity index (χ3v) is 9.25. The average Bonchev–Trinajstić information content (AvgIpc) is 3.42. The maximum Gasteiger partial charge on any atom is 0.288 e. The number of nitro benzene ring substituents is 2. The molecule has 1 aliphatic carbocycles. The van der Waals surface area contributed by atoms with Gasteiger partial charge in [-0.15, -0.1) is 0 Å². The number of benzene rings is 6. The Morgan fingerprint density at radius 3 is 1.31 bits per heavy atom. The molecule has 6 aromatic rings. The fraction of sp³-hybridized carbons (Fsp3) is 0.0256. The van der Waals surface area contributed by atoms with E-state index in [1.807, 2.05) is 48.5 Å². The minimum absolute atomic E-state index is 0.0709. The molecule has 0 saturated carbocycles. The molecule has 0 amide bonds. The van der Waals surface area contributed by atoms with Gasteiger partial charge in [0.15, 0.2) is 0 Å². The predicted octanol–water partition coefficient (Wildman–Crippen LogP) is 10.7. The van der Waals surface area contributed by atoms with Gasteiger partial charge in [-0.25, -0.2) is 0 Å². The van der Waals surface area contributed by atoms with Gasteiger partial charge in [0.2, 0.25) is 0 Å². The second-order valence-corrected chi connectivity index (χ2v) is 12.2. The molecule has 0 bridgehead atoms. The number of halogens is 2. The second-order valence-electron chi connectivity index (χ2n) is 11.4. The Hall–Kier alpha value is -5.96. The van der Waals surface area contributed by atoms with E-state index >= 15 is 0 Å². The van der Waals surface area contributed by atoms with Crippen molar-refractivity contribution in [3.05, 3.63) is 197 Å². The van der Waals surface area contributed by atoms with Gasteiger partial charge in [-0.2, -0.15) is 0 Å². The van der Waals surface area contributed by atoms with Crippen molar-refractivity contribution in [2.75, 3.05) is 0 Å². The van der Waals surface area contributed by atoms with Gasteiger partial charge in [0.05, 0.1) is 26.6 Å². The molecule has 238 valence electrons. The topological polar surface area (TPSA) is 111 Å². The first kappa shape index (κ1) is 31.6. The molecule has 7 rings (SSSR count). The number of hydrogen-bond donors (Lipinski definition) is 0. The van der Waals surface area contributed by atoms with Crippen LogP contribution < -0.4 is 0 Å². The van der Waals surface area contributed by atoms with E-state index in [4.69, 9.17) is 23.2 Å². The van der Waals surface area contributed by atoms with Gasteiger partial charge >= 0.3 is 0 Å². The van der Waals surface area contributed by atoms with Crippen LogP contribution in [0.1, 0.15) is 33.4 Å². The van der Waals surface area contributed by atoms with E-state index in [-0.39, 0.29) is 21.4 Å². The average molecular weight is 684 g/mol. The van der Waals surface area contributed by atoms with Crippen molar-refractivity contribution in [2.24, 2.45) is 9.98 Å². The van der Waals surface area contributed by atoms with E-state index in [0.717, 1.165) is 33.4 Å². The van der Waals surface area contributed by atoms with Crippen LogP contribution in [0.25, 0.3) is 11.1 Å². The molecule has 8 nitrogen and oxygen atoms in total. The number of nitrogens with zero attached hydrogens (tertiary/aromatic N) is 4. The third kappa shape index (κ3) is 5.77. The highest BCUT2D eigenvalue weighted by atomic mass is 35.5. The fourth-order valence-electron chi connectivity index (χ4n) is 6.42. The smallest absolute Gasteiger partial charge is 0.258 e. The van der Waals surface area contributed by atoms with Crippen molar-refractivity contribution in [2.45, 2.75) is 5.41 Å². The van der Waals surface area contributed by atoms with E-state index in [9.17, 15) is 20.2 Å². The molecular weight excluding hydrogens is 659 g/mol. The summed E-state index contributed by atoms with van der Waals surface area (Å²) in [5.74, 6) is 0. The number of nitro groups is 2. The highest BCUT2D eigenvalue weighted by molar-refractivity contribution is 6.33. The van der Waals surface area contributed by atoms with E-state index in [0.29, 0.717) is 22.5 Å². The monoisotopic (exact) mass is 682 g/mol. The maximum absolute atomic E-state index is 11.3. The lowest BCUT2D eigenvalue weighted by molar-refractivity contribution is -0.384. The Labute approximate surface area is 291 Å². The van der Waals surface area contributed by atoms with Gasteiger partial charge in [-0.05, 0) is 80.9 Å². The van der Waals surface area contributed by atoms with Crippen molar-refractivity contribution in [1.82, 2.24) is 0 Å². The van der Waals surface area contributed by atoms with Crippen LogP contribution in [0.3, 0.4) is 0 Å². The van der Waals surface area contributed by atoms with E-state index in [2.05, 4.69) is 58.5 Å². The summed E-state index contributed by atoms with van der Waals surface area (Å²) in [5, 5.41) is 22.8. The molecule has 0 N–H and O–H groups in total. The number of fused-ring (bicyclic) bond motifs is 3. The van der Waals surface area contributed by atoms with Crippen molar-refractivity contribution in [1.29, 1.82) is 0 Å². The lowest BCUT2D eigenvalue weighted by Crippen LogP contribution is -2.28. The molecule has 0 spiro atoms. The van der Waals surface area contributed by atoms with Crippen LogP contribution in [0, 0.1) is 20.2 Å². The number of hydrogen-bond acceptors (Lipinski definition) is 6. The molecule has 0 radical (unpaired) electrons. The minimum atomic E-state index is -0.648. The molecule has 0 aliphatic heterocycles. The van der Waals surface area contributed by atoms with Gasteiger partial charge in [0, 0.05) is 24.6 Å². The Bertz CT molecular complexity index is 2160. The molecule has 0 aromatic heterocycles. The van der Waals surface area contributed by atoms with Gasteiger partial charge in [0.1, 0.15) is 10.0 Å². The Kier molecular flexibility index (Phi) is 8.34. The zero-order valence-electron chi connectivity index (χ0n) is 25.5. The van der Waals surface area contributed by atoms with E-state index in [1.165, 1.54) is 24.3 Å². The molecule has 0 saturated heterocycles. The summed E-state index contributed by atoms with van der Waals surface area (Å²) in [6, 6.07) is 41.9. The largest absolute Gasteiger partial charge is 0.288 e. The standard InChI is InChI=1S/C39H24Cl2N4O4/c40-35-19-9-25(21-37(35)44(46)47)23-42-29-15-11-27(12-16-29)39(33-7-3-1-5-31(33)32-6-2-4-8-34(32)39)28-13-17-30(18-14-28)43-24-26-10-20-36(41)38(22-26)45(48)49/h1-24H. The van der Waals surface area contributed by atoms with Crippen molar-refractivity contribution in [3.8, 4) is 11.1 Å². The van der Waals surface area contributed by atoms with Crippen LogP contribution in [-0.2, 0) is 5.41 Å². The quantitative estimate of drug-likeness (QED) is 0.0901. The zero-order valence-corrected chi connectivity index (χ0v) is 27.0. The Morgan fingerprint density at radius 1 is 0.531 bits per heavy atom. The minimum Gasteiger partial charge on any atom is -0.258 e. The summed E-state index contributed by atoms with van der Waals surface area (Å²) in [6.07, 6.45) is 3.16. The summed E-state index contributed by atoms with van der Waals surface area (Å²) < 4.78 is 0. The molecular formula is C39H24Cl2N4O4. The summed E-state index contributed by atoms with van der Waals surface area (Å²) >= 11 is 12.0. The van der Waals surface area contributed by atoms with Crippen LogP contribution >= 0.6 is 23.2 Å². The summed E-state index contributed by atoms with van der Waals surface area (Å²) in [6.45, 7) is 0. The first-order valence-electron chi connectivity index (χ1n) is 15.1. The van der Waals surface area contributed by atoms with Crippen LogP contribution in [0.4, 0.5) is 22.7 Å². The second kappa shape index (κ2) is 12.9. The first-order chi connectivity index (χ1) is 23.8. The van der Waals surface area contributed by atoms with E-state index in [1.54, 1.807) is 24.6 Å². The van der Waals surface area contributed by atoms with Crippen LogP contribution in [0.15, 0.2) is 143 Å². The van der Waals surface area contributed by atoms with Crippen molar-refractivity contribution >= 4 is 58.4 Å².